The molecular formula is C31H40O8. The van der Waals surface area contributed by atoms with Gasteiger partial charge in [-0.3, -0.25) is 0 Å². The van der Waals surface area contributed by atoms with Crippen molar-refractivity contribution in [1.29, 1.82) is 0 Å². The predicted octanol–water partition coefficient (Wildman–Crippen LogP) is 6.34. The van der Waals surface area contributed by atoms with Crippen LogP contribution in [0.5, 0.6) is 34.5 Å². The molecule has 0 bridgehead atoms. The first-order valence-electron chi connectivity index (χ1n) is 13.0. The largest absolute Gasteiger partial charge is 0.493 e. The van der Waals surface area contributed by atoms with Gasteiger partial charge in [0.2, 0.25) is 11.5 Å². The van der Waals surface area contributed by atoms with Gasteiger partial charge >= 0.3 is 11.9 Å². The van der Waals surface area contributed by atoms with Gasteiger partial charge in [0.25, 0.3) is 0 Å². The fraction of sp³-hybridized carbons (Fsp3) is 0.419. The summed E-state index contributed by atoms with van der Waals surface area (Å²) in [6, 6.07) is 5.51. The lowest BCUT2D eigenvalue weighted by Crippen LogP contribution is -2.15. The molecule has 2 rings (SSSR count). The average molecular weight is 541 g/mol. The summed E-state index contributed by atoms with van der Waals surface area (Å²) in [5.41, 5.74) is 3.33. The van der Waals surface area contributed by atoms with Gasteiger partial charge in [0.1, 0.15) is 13.2 Å². The van der Waals surface area contributed by atoms with E-state index < -0.39 is 11.9 Å². The van der Waals surface area contributed by atoms with Crippen LogP contribution in [-0.2, 0) is 22.4 Å². The van der Waals surface area contributed by atoms with E-state index in [0.717, 1.165) is 42.4 Å². The molecule has 0 spiro atoms. The normalized spacial score (nSPS) is 10.4. The third kappa shape index (κ3) is 8.27. The Bertz CT molecular complexity index is 1210. The van der Waals surface area contributed by atoms with Crippen LogP contribution in [0.3, 0.4) is 0 Å². The monoisotopic (exact) mass is 540 g/mol. The Hall–Kier alpha value is -3.94. The first kappa shape index (κ1) is 31.3. The van der Waals surface area contributed by atoms with Crippen molar-refractivity contribution >= 4 is 11.9 Å². The molecule has 212 valence electrons. The zero-order valence-corrected chi connectivity index (χ0v) is 24.2. The van der Waals surface area contributed by atoms with Crippen molar-refractivity contribution in [2.45, 2.75) is 60.3 Å². The minimum Gasteiger partial charge on any atom is -0.493 e. The van der Waals surface area contributed by atoms with Crippen molar-refractivity contribution in [3.8, 4) is 34.5 Å². The van der Waals surface area contributed by atoms with E-state index in [0.29, 0.717) is 23.0 Å². The van der Waals surface area contributed by atoms with Crippen LogP contribution in [0.15, 0.2) is 42.5 Å². The van der Waals surface area contributed by atoms with E-state index >= 15 is 0 Å². The van der Waals surface area contributed by atoms with Crippen LogP contribution in [0.1, 0.15) is 57.2 Å². The Balaban J connectivity index is 2.37. The van der Waals surface area contributed by atoms with Gasteiger partial charge in [-0.1, -0.05) is 39.8 Å². The zero-order chi connectivity index (χ0) is 29.1. The SMILES string of the molecule is C=C(C)C(=O)Oc1c(OC)cc(CCC)cc1OCCOc1c(C)c(CCC)cc(OC)c1OC(=O)C(=C)C. The van der Waals surface area contributed by atoms with Crippen molar-refractivity contribution in [2.24, 2.45) is 0 Å². The quantitative estimate of drug-likeness (QED) is 0.112. The topological polar surface area (TPSA) is 89.5 Å². The summed E-state index contributed by atoms with van der Waals surface area (Å²) in [4.78, 5) is 24.7. The molecule has 0 N–H and O–H groups in total. The lowest BCUT2D eigenvalue weighted by Gasteiger charge is -2.20. The number of methoxy groups -OCH3 is 2. The van der Waals surface area contributed by atoms with Crippen molar-refractivity contribution in [2.75, 3.05) is 27.4 Å². The molecule has 39 heavy (non-hydrogen) atoms. The van der Waals surface area contributed by atoms with E-state index in [1.807, 2.05) is 25.1 Å². The first-order chi connectivity index (χ1) is 18.6. The molecule has 0 unspecified atom stereocenters. The Kier molecular flexibility index (Phi) is 11.9. The smallest absolute Gasteiger partial charge is 0.338 e. The van der Waals surface area contributed by atoms with Crippen LogP contribution in [0.25, 0.3) is 0 Å². The highest BCUT2D eigenvalue weighted by Gasteiger charge is 2.23. The van der Waals surface area contributed by atoms with Crippen molar-refractivity contribution < 1.29 is 38.0 Å². The summed E-state index contributed by atoms with van der Waals surface area (Å²) in [5.74, 6) is 0.697. The standard InChI is InChI=1S/C31H40O8/c1-10-12-22-16-24(34-8)28(38-30(32)19(3)4)26(17-22)36-14-15-37-27-21(7)23(13-11-2)18-25(35-9)29(27)39-31(33)20(5)6/h16-18H,3,5,10-15H2,1-2,4,6-9H3. The third-order valence-corrected chi connectivity index (χ3v) is 5.81. The molecule has 0 aromatic heterocycles. The van der Waals surface area contributed by atoms with Gasteiger partial charge in [0.05, 0.1) is 14.2 Å². The molecule has 2 aromatic carbocycles. The molecule has 0 aliphatic heterocycles. The Morgan fingerprint density at radius 1 is 0.718 bits per heavy atom. The summed E-state index contributed by atoms with van der Waals surface area (Å²) in [7, 11) is 3.01. The first-order valence-corrected chi connectivity index (χ1v) is 13.0. The van der Waals surface area contributed by atoms with Crippen LogP contribution in [0.4, 0.5) is 0 Å². The highest BCUT2D eigenvalue weighted by Crippen LogP contribution is 2.43. The summed E-state index contributed by atoms with van der Waals surface area (Å²) in [6.45, 7) is 16.7. The maximum absolute atomic E-state index is 12.4. The molecule has 0 amide bonds. The van der Waals surface area contributed by atoms with Crippen LogP contribution in [0.2, 0.25) is 0 Å². The average Bonchev–Trinajstić information content (AvgIpc) is 2.90. The molecule has 8 heteroatoms. The fourth-order valence-corrected chi connectivity index (χ4v) is 3.79. The van der Waals surface area contributed by atoms with Gasteiger partial charge in [-0.2, -0.15) is 0 Å². The second kappa shape index (κ2) is 14.9. The number of rotatable bonds is 15. The Labute approximate surface area is 231 Å². The number of esters is 2. The summed E-state index contributed by atoms with van der Waals surface area (Å²) in [6.07, 6.45) is 3.42. The number of hydrogen-bond donors (Lipinski definition) is 0. The van der Waals surface area contributed by atoms with E-state index in [1.165, 1.54) is 14.2 Å². The Morgan fingerprint density at radius 2 is 1.23 bits per heavy atom. The van der Waals surface area contributed by atoms with Gasteiger partial charge in [-0.25, -0.2) is 9.59 Å². The molecule has 0 heterocycles. The lowest BCUT2D eigenvalue weighted by atomic mass is 10.0. The van der Waals surface area contributed by atoms with Gasteiger partial charge in [0, 0.05) is 11.1 Å². The van der Waals surface area contributed by atoms with Crippen LogP contribution < -0.4 is 28.4 Å². The highest BCUT2D eigenvalue weighted by molar-refractivity contribution is 5.90. The van der Waals surface area contributed by atoms with Gasteiger partial charge in [-0.15, -0.1) is 0 Å². The van der Waals surface area contributed by atoms with E-state index in [4.69, 9.17) is 28.4 Å². The number of hydrogen-bond acceptors (Lipinski definition) is 8. The summed E-state index contributed by atoms with van der Waals surface area (Å²) in [5, 5.41) is 0. The summed E-state index contributed by atoms with van der Waals surface area (Å²) < 4.78 is 34.3. The predicted molar refractivity (Wildman–Crippen MR) is 151 cm³/mol. The number of ether oxygens (including phenoxy) is 6. The molecule has 2 aromatic rings. The minimum atomic E-state index is -0.586. The zero-order valence-electron chi connectivity index (χ0n) is 24.2. The van der Waals surface area contributed by atoms with Crippen molar-refractivity contribution in [3.05, 3.63) is 59.2 Å². The molecule has 0 fully saturated rings. The maximum atomic E-state index is 12.4. The van der Waals surface area contributed by atoms with Gasteiger partial charge < -0.3 is 28.4 Å². The molecule has 0 saturated carbocycles. The van der Waals surface area contributed by atoms with E-state index in [-0.39, 0.29) is 35.9 Å². The van der Waals surface area contributed by atoms with Crippen molar-refractivity contribution in [1.82, 2.24) is 0 Å². The number of benzene rings is 2. The molecule has 0 aliphatic carbocycles. The molecular weight excluding hydrogens is 500 g/mol. The van der Waals surface area contributed by atoms with E-state index in [1.54, 1.807) is 13.8 Å². The van der Waals surface area contributed by atoms with Gasteiger partial charge in [-0.05, 0) is 68.5 Å². The molecule has 8 nitrogen and oxygen atoms in total. The van der Waals surface area contributed by atoms with Crippen LogP contribution >= 0.6 is 0 Å². The molecule has 0 aliphatic rings. The van der Waals surface area contributed by atoms with E-state index in [9.17, 15) is 9.59 Å². The number of carbonyl (C=O) groups excluding carboxylic acids is 2. The van der Waals surface area contributed by atoms with Crippen LogP contribution in [-0.4, -0.2) is 39.4 Å². The lowest BCUT2D eigenvalue weighted by molar-refractivity contribution is -0.131. The second-order valence-corrected chi connectivity index (χ2v) is 9.18. The molecule has 0 saturated heterocycles. The van der Waals surface area contributed by atoms with Crippen LogP contribution in [0, 0.1) is 6.92 Å². The van der Waals surface area contributed by atoms with E-state index in [2.05, 4.69) is 27.0 Å². The second-order valence-electron chi connectivity index (χ2n) is 9.18. The van der Waals surface area contributed by atoms with Crippen molar-refractivity contribution in [3.63, 3.8) is 0 Å². The number of aryl methyl sites for hydroxylation is 2. The minimum absolute atomic E-state index is 0.101. The third-order valence-electron chi connectivity index (χ3n) is 5.81. The highest BCUT2D eigenvalue weighted by atomic mass is 16.6. The maximum Gasteiger partial charge on any atom is 0.338 e. The van der Waals surface area contributed by atoms with Gasteiger partial charge in [0.15, 0.2) is 23.0 Å². The number of carbonyl (C=O) groups is 2. The summed E-state index contributed by atoms with van der Waals surface area (Å²) >= 11 is 0. The Morgan fingerprint density at radius 3 is 1.77 bits per heavy atom. The molecule has 0 radical (unpaired) electrons. The molecule has 0 atom stereocenters. The fourth-order valence-electron chi connectivity index (χ4n) is 3.79.